The number of rotatable bonds is 5. The van der Waals surface area contributed by atoms with Crippen LogP contribution in [-0.2, 0) is 23.9 Å². The summed E-state index contributed by atoms with van der Waals surface area (Å²) in [6.07, 6.45) is 4.40. The van der Waals surface area contributed by atoms with Gasteiger partial charge in [-0.25, -0.2) is 0 Å². The maximum absolute atomic E-state index is 14.0. The molecule has 0 amide bonds. The molecule has 6 nitrogen and oxygen atoms in total. The zero-order valence-corrected chi connectivity index (χ0v) is 22.5. The molecule has 0 saturated heterocycles. The summed E-state index contributed by atoms with van der Waals surface area (Å²) >= 11 is 0. The van der Waals surface area contributed by atoms with Gasteiger partial charge in [0.1, 0.15) is 6.10 Å². The van der Waals surface area contributed by atoms with Crippen molar-refractivity contribution in [1.29, 1.82) is 0 Å². The molecule has 4 aliphatic carbocycles. The molecule has 7 atom stereocenters. The number of ketones is 2. The number of aliphatic carboxylic acids is 1. The minimum absolute atomic E-state index is 0.0667. The van der Waals surface area contributed by atoms with E-state index in [1.807, 2.05) is 0 Å². The van der Waals surface area contributed by atoms with E-state index < -0.39 is 16.8 Å². The Hall–Kier alpha value is -1.98. The molecule has 0 aromatic carbocycles. The van der Waals surface area contributed by atoms with Crippen LogP contribution in [0.1, 0.15) is 99.8 Å². The topological polar surface area (TPSA) is 97.7 Å². The van der Waals surface area contributed by atoms with Gasteiger partial charge in [-0.15, -0.1) is 0 Å². The Morgan fingerprint density at radius 1 is 1.03 bits per heavy atom. The number of carboxylic acids is 1. The van der Waals surface area contributed by atoms with Crippen molar-refractivity contribution in [1.82, 2.24) is 0 Å². The average Bonchev–Trinajstić information content (AvgIpc) is 3.00. The molecule has 4 aliphatic rings. The Morgan fingerprint density at radius 2 is 1.69 bits per heavy atom. The SMILES string of the molecule is CC(=O)O[C@H]1CC[C@]2(C)C3=C(C(=O)C[C@H]2C1(C)C)[C@]1(C)CC[C@H]([C@H](C)CCC(=O)O)[C@@]1(C)CC3=O. The molecule has 194 valence electrons. The van der Waals surface area contributed by atoms with Gasteiger partial charge in [-0.2, -0.15) is 0 Å². The number of carbonyl (C=O) groups is 4. The second-order valence-electron chi connectivity index (χ2n) is 13.2. The van der Waals surface area contributed by atoms with Crippen LogP contribution in [0, 0.1) is 39.4 Å². The third-order valence-corrected chi connectivity index (χ3v) is 11.1. The van der Waals surface area contributed by atoms with Crippen molar-refractivity contribution >= 4 is 23.5 Å². The molecule has 0 heterocycles. The van der Waals surface area contributed by atoms with Gasteiger partial charge in [0.2, 0.25) is 0 Å². The van der Waals surface area contributed by atoms with Crippen LogP contribution in [0.5, 0.6) is 0 Å². The molecule has 6 heteroatoms. The van der Waals surface area contributed by atoms with Crippen LogP contribution in [0.15, 0.2) is 11.1 Å². The van der Waals surface area contributed by atoms with Crippen molar-refractivity contribution in [3.05, 3.63) is 11.1 Å². The summed E-state index contributed by atoms with van der Waals surface area (Å²) in [4.78, 5) is 51.0. The number of carboxylic acid groups (broad SMARTS) is 1. The summed E-state index contributed by atoms with van der Waals surface area (Å²) in [7, 11) is 0. The number of hydrogen-bond acceptors (Lipinski definition) is 5. The van der Waals surface area contributed by atoms with Gasteiger partial charge in [0.25, 0.3) is 0 Å². The van der Waals surface area contributed by atoms with Crippen molar-refractivity contribution in [2.75, 3.05) is 0 Å². The Labute approximate surface area is 209 Å². The maximum atomic E-state index is 14.0. The van der Waals surface area contributed by atoms with Crippen molar-refractivity contribution < 1.29 is 29.0 Å². The number of carbonyl (C=O) groups excluding carboxylic acids is 3. The van der Waals surface area contributed by atoms with Gasteiger partial charge in [-0.3, -0.25) is 19.2 Å². The molecule has 35 heavy (non-hydrogen) atoms. The van der Waals surface area contributed by atoms with E-state index in [1.165, 1.54) is 6.92 Å². The zero-order valence-electron chi connectivity index (χ0n) is 22.5. The van der Waals surface area contributed by atoms with E-state index >= 15 is 0 Å². The number of Topliss-reactive ketones (excluding diaryl/α,β-unsaturated/α-hetero) is 2. The third kappa shape index (κ3) is 3.64. The smallest absolute Gasteiger partial charge is 0.303 e. The molecule has 0 bridgehead atoms. The first kappa shape index (κ1) is 26.1. The highest BCUT2D eigenvalue weighted by molar-refractivity contribution is 6.11. The molecule has 0 spiro atoms. The van der Waals surface area contributed by atoms with E-state index in [1.54, 1.807) is 0 Å². The van der Waals surface area contributed by atoms with Crippen LogP contribution in [0.4, 0.5) is 0 Å². The Morgan fingerprint density at radius 3 is 2.29 bits per heavy atom. The van der Waals surface area contributed by atoms with Gasteiger partial charge in [-0.05, 0) is 55.3 Å². The van der Waals surface area contributed by atoms with Crippen molar-refractivity contribution in [2.45, 2.75) is 106 Å². The highest BCUT2D eigenvalue weighted by atomic mass is 16.5. The molecule has 0 radical (unpaired) electrons. The van der Waals surface area contributed by atoms with E-state index in [0.717, 1.165) is 30.4 Å². The van der Waals surface area contributed by atoms with Gasteiger partial charge in [0.05, 0.1) is 0 Å². The van der Waals surface area contributed by atoms with Gasteiger partial charge < -0.3 is 9.84 Å². The van der Waals surface area contributed by atoms with Crippen molar-refractivity contribution in [3.8, 4) is 0 Å². The van der Waals surface area contributed by atoms with Crippen molar-refractivity contribution in [2.24, 2.45) is 39.4 Å². The molecule has 0 aromatic rings. The van der Waals surface area contributed by atoms with E-state index in [0.29, 0.717) is 25.7 Å². The van der Waals surface area contributed by atoms with Crippen LogP contribution < -0.4 is 0 Å². The van der Waals surface area contributed by atoms with Crippen LogP contribution in [0.25, 0.3) is 0 Å². The monoisotopic (exact) mass is 486 g/mol. The normalized spacial score (nSPS) is 41.1. The number of fused-ring (bicyclic) bond motifs is 4. The summed E-state index contributed by atoms with van der Waals surface area (Å²) in [5.74, 6) is -0.602. The lowest BCUT2D eigenvalue weighted by atomic mass is 9.42. The van der Waals surface area contributed by atoms with E-state index in [-0.39, 0.29) is 58.6 Å². The molecule has 2 saturated carbocycles. The number of allylic oxidation sites excluding steroid dienone is 2. The van der Waals surface area contributed by atoms with Gasteiger partial charge in [-0.1, -0.05) is 41.5 Å². The largest absolute Gasteiger partial charge is 0.481 e. The summed E-state index contributed by atoms with van der Waals surface area (Å²) in [5, 5.41) is 9.20. The van der Waals surface area contributed by atoms with E-state index in [9.17, 15) is 24.3 Å². The Balaban J connectivity index is 1.77. The first-order valence-electron chi connectivity index (χ1n) is 13.3. The first-order chi connectivity index (χ1) is 16.1. The Kier molecular flexibility index (Phi) is 6.17. The predicted octanol–water partition coefficient (Wildman–Crippen LogP) is 5.53. The molecule has 0 aromatic heterocycles. The zero-order chi connectivity index (χ0) is 26.1. The third-order valence-electron chi connectivity index (χ3n) is 11.1. The molecule has 0 unspecified atom stereocenters. The highest BCUT2D eigenvalue weighted by Crippen LogP contribution is 2.71. The number of ether oxygens (including phenoxy) is 1. The summed E-state index contributed by atoms with van der Waals surface area (Å²) in [6.45, 7) is 14.2. The minimum atomic E-state index is -0.791. The van der Waals surface area contributed by atoms with Crippen LogP contribution in [0.3, 0.4) is 0 Å². The molecular formula is C29H42O6. The maximum Gasteiger partial charge on any atom is 0.303 e. The fourth-order valence-electron chi connectivity index (χ4n) is 9.06. The molecule has 2 fully saturated rings. The lowest BCUT2D eigenvalue weighted by Gasteiger charge is -2.60. The molecule has 1 N–H and O–H groups in total. The molecule has 0 aliphatic heterocycles. The average molecular weight is 487 g/mol. The second kappa shape index (κ2) is 8.27. The quantitative estimate of drug-likeness (QED) is 0.513. The summed E-state index contributed by atoms with van der Waals surface area (Å²) < 4.78 is 5.69. The van der Waals surface area contributed by atoms with Gasteiger partial charge in [0.15, 0.2) is 11.6 Å². The van der Waals surface area contributed by atoms with E-state index in [2.05, 4.69) is 41.5 Å². The van der Waals surface area contributed by atoms with Gasteiger partial charge >= 0.3 is 11.9 Å². The highest BCUT2D eigenvalue weighted by Gasteiger charge is 2.67. The van der Waals surface area contributed by atoms with Crippen molar-refractivity contribution in [3.63, 3.8) is 0 Å². The lowest BCUT2D eigenvalue weighted by Crippen LogP contribution is -2.59. The van der Waals surface area contributed by atoms with Crippen LogP contribution >= 0.6 is 0 Å². The van der Waals surface area contributed by atoms with Gasteiger partial charge in [0, 0.05) is 53.6 Å². The second-order valence-corrected chi connectivity index (χ2v) is 13.2. The first-order valence-corrected chi connectivity index (χ1v) is 13.3. The standard InChI is InChI=1S/C29H42O6/c1-16(8-9-23(33)34)18-10-13-28(6)25-19(31)14-21-26(3,4)22(35-17(2)30)11-12-27(21,5)24(25)20(32)15-29(18,28)7/h16,18,21-22H,8-15H2,1-7H3,(H,33,34)/t16-,18-,21+,22+,27+,28+,29-/m1/s1. The molecular weight excluding hydrogens is 444 g/mol. The predicted molar refractivity (Wildman–Crippen MR) is 131 cm³/mol. The molecule has 4 rings (SSSR count). The minimum Gasteiger partial charge on any atom is -0.481 e. The number of esters is 1. The lowest BCUT2D eigenvalue weighted by molar-refractivity contribution is -0.169. The fourth-order valence-corrected chi connectivity index (χ4v) is 9.06. The van der Waals surface area contributed by atoms with Crippen LogP contribution in [-0.4, -0.2) is 34.7 Å². The Bertz CT molecular complexity index is 1010. The van der Waals surface area contributed by atoms with E-state index in [4.69, 9.17) is 4.74 Å². The summed E-state index contributed by atoms with van der Waals surface area (Å²) in [6, 6.07) is 0. The number of hydrogen-bond donors (Lipinski definition) is 1. The summed E-state index contributed by atoms with van der Waals surface area (Å²) in [5.41, 5.74) is -0.0581. The van der Waals surface area contributed by atoms with Crippen LogP contribution in [0.2, 0.25) is 0 Å². The fraction of sp³-hybridized carbons (Fsp3) is 0.793.